The molecule has 1 saturated carbocycles. The van der Waals surface area contributed by atoms with Gasteiger partial charge in [-0.25, -0.2) is 9.18 Å². The summed E-state index contributed by atoms with van der Waals surface area (Å²) in [5, 5.41) is 12.4. The van der Waals surface area contributed by atoms with Crippen molar-refractivity contribution in [1.29, 1.82) is 0 Å². The number of halogens is 1. The number of rotatable bonds is 4. The third-order valence-electron chi connectivity index (χ3n) is 3.61. The van der Waals surface area contributed by atoms with Crippen LogP contribution in [0.2, 0.25) is 0 Å². The van der Waals surface area contributed by atoms with Gasteiger partial charge in [0.25, 0.3) is 0 Å². The second kappa shape index (κ2) is 5.29. The number of carbonyl (C=O) groups excluding carboxylic acids is 1. The number of pyridine rings is 1. The van der Waals surface area contributed by atoms with E-state index >= 15 is 0 Å². The van der Waals surface area contributed by atoms with Gasteiger partial charge in [-0.15, -0.1) is 4.73 Å². The van der Waals surface area contributed by atoms with Crippen LogP contribution in [-0.4, -0.2) is 18.7 Å². The molecule has 1 aromatic carbocycles. The fraction of sp³-hybridized carbons (Fsp3) is 0.250. The molecular formula is C16H14FNO4. The lowest BCUT2D eigenvalue weighted by Crippen LogP contribution is -2.38. The maximum Gasteiger partial charge on any atom is 0.381 e. The zero-order chi connectivity index (χ0) is 15.7. The molecule has 0 saturated heterocycles. The van der Waals surface area contributed by atoms with Crippen molar-refractivity contribution in [1.82, 2.24) is 0 Å². The first kappa shape index (κ1) is 14.3. The van der Waals surface area contributed by atoms with Gasteiger partial charge >= 0.3 is 11.8 Å². The van der Waals surface area contributed by atoms with Crippen LogP contribution in [0.3, 0.4) is 0 Å². The largest absolute Gasteiger partial charge is 0.616 e. The van der Waals surface area contributed by atoms with Crippen LogP contribution in [0.1, 0.15) is 12.8 Å². The molecule has 0 N–H and O–H groups in total. The molecule has 22 heavy (non-hydrogen) atoms. The van der Waals surface area contributed by atoms with Gasteiger partial charge in [0.1, 0.15) is 5.82 Å². The van der Waals surface area contributed by atoms with E-state index in [1.807, 2.05) is 0 Å². The van der Waals surface area contributed by atoms with Crippen LogP contribution in [0.25, 0.3) is 11.3 Å². The Kier molecular flexibility index (Phi) is 3.44. The summed E-state index contributed by atoms with van der Waals surface area (Å²) in [6, 6.07) is 10.3. The van der Waals surface area contributed by atoms with Crippen LogP contribution in [-0.2, 0) is 9.53 Å². The number of esters is 1. The lowest BCUT2D eigenvalue weighted by Gasteiger charge is -2.15. The van der Waals surface area contributed by atoms with Crippen LogP contribution < -0.4 is 9.47 Å². The Labute approximate surface area is 126 Å². The monoisotopic (exact) mass is 303 g/mol. The lowest BCUT2D eigenvalue weighted by atomic mass is 10.1. The van der Waals surface area contributed by atoms with Gasteiger partial charge in [0.2, 0.25) is 11.3 Å². The number of aromatic nitrogens is 1. The van der Waals surface area contributed by atoms with Gasteiger partial charge in [-0.1, -0.05) is 0 Å². The number of ether oxygens (including phenoxy) is 2. The summed E-state index contributed by atoms with van der Waals surface area (Å²) in [5.41, 5.74) is -0.176. The molecule has 0 aliphatic heterocycles. The summed E-state index contributed by atoms with van der Waals surface area (Å²) in [6.07, 6.45) is 1.03. The SMILES string of the molecule is COC(=O)C1(Oc2cccc(-c3ccc(F)cc3)[n+]2[O-])CC1. The van der Waals surface area contributed by atoms with Gasteiger partial charge in [-0.3, -0.25) is 0 Å². The normalized spacial score (nSPS) is 15.2. The summed E-state index contributed by atoms with van der Waals surface area (Å²) >= 11 is 0. The van der Waals surface area contributed by atoms with E-state index in [0.717, 1.165) is 0 Å². The Morgan fingerprint density at radius 1 is 1.23 bits per heavy atom. The van der Waals surface area contributed by atoms with E-state index in [9.17, 15) is 14.4 Å². The average molecular weight is 303 g/mol. The fourth-order valence-electron chi connectivity index (χ4n) is 2.23. The Bertz CT molecular complexity index is 711. The predicted molar refractivity (Wildman–Crippen MR) is 75.4 cm³/mol. The minimum atomic E-state index is -1.05. The first-order valence-corrected chi connectivity index (χ1v) is 6.82. The molecule has 0 spiro atoms. The molecule has 0 bridgehead atoms. The van der Waals surface area contributed by atoms with Gasteiger partial charge in [0.05, 0.1) is 13.2 Å². The zero-order valence-corrected chi connectivity index (χ0v) is 11.9. The number of hydrogen-bond donors (Lipinski definition) is 0. The molecule has 0 radical (unpaired) electrons. The van der Waals surface area contributed by atoms with Crippen molar-refractivity contribution in [2.24, 2.45) is 0 Å². The maximum absolute atomic E-state index is 13.0. The predicted octanol–water partition coefficient (Wildman–Crippen LogP) is 2.21. The Hall–Kier alpha value is -2.63. The quantitative estimate of drug-likeness (QED) is 0.493. The molecule has 0 amide bonds. The number of carbonyl (C=O) groups is 1. The number of hydrogen-bond acceptors (Lipinski definition) is 4. The molecular weight excluding hydrogens is 289 g/mol. The number of benzene rings is 1. The van der Waals surface area contributed by atoms with E-state index in [2.05, 4.69) is 0 Å². The van der Waals surface area contributed by atoms with Crippen LogP contribution in [0, 0.1) is 11.0 Å². The summed E-state index contributed by atoms with van der Waals surface area (Å²) < 4.78 is 23.9. The zero-order valence-electron chi connectivity index (χ0n) is 11.9. The molecule has 2 aromatic rings. The molecule has 6 heteroatoms. The molecule has 1 heterocycles. The van der Waals surface area contributed by atoms with Crippen LogP contribution in [0.4, 0.5) is 4.39 Å². The van der Waals surface area contributed by atoms with Crippen LogP contribution >= 0.6 is 0 Å². The third-order valence-corrected chi connectivity index (χ3v) is 3.61. The minimum absolute atomic E-state index is 0.0183. The number of nitrogens with zero attached hydrogens (tertiary/aromatic N) is 1. The van der Waals surface area contributed by atoms with E-state index in [4.69, 9.17) is 9.47 Å². The van der Waals surface area contributed by atoms with Gasteiger partial charge in [-0.05, 0) is 30.3 Å². The summed E-state index contributed by atoms with van der Waals surface area (Å²) in [6.45, 7) is 0. The van der Waals surface area contributed by atoms with E-state index in [-0.39, 0.29) is 11.7 Å². The van der Waals surface area contributed by atoms with Crippen LogP contribution in [0.5, 0.6) is 5.88 Å². The van der Waals surface area contributed by atoms with E-state index in [1.54, 1.807) is 12.1 Å². The topological polar surface area (TPSA) is 62.5 Å². The minimum Gasteiger partial charge on any atom is -0.616 e. The highest BCUT2D eigenvalue weighted by Crippen LogP contribution is 2.40. The van der Waals surface area contributed by atoms with Crippen molar-refractivity contribution in [3.05, 3.63) is 53.5 Å². The van der Waals surface area contributed by atoms with Crippen LogP contribution in [0.15, 0.2) is 42.5 Å². The molecule has 1 aliphatic rings. The summed E-state index contributed by atoms with van der Waals surface area (Å²) in [5.74, 6) is -0.847. The maximum atomic E-state index is 13.0. The van der Waals surface area contributed by atoms with Crippen molar-refractivity contribution in [3.8, 4) is 17.1 Å². The second-order valence-corrected chi connectivity index (χ2v) is 5.14. The molecule has 1 fully saturated rings. The average Bonchev–Trinajstić information content (AvgIpc) is 3.30. The molecule has 1 aliphatic carbocycles. The van der Waals surface area contributed by atoms with E-state index in [1.165, 1.54) is 37.4 Å². The molecule has 0 unspecified atom stereocenters. The van der Waals surface area contributed by atoms with Crippen molar-refractivity contribution in [3.63, 3.8) is 0 Å². The lowest BCUT2D eigenvalue weighted by molar-refractivity contribution is -0.602. The van der Waals surface area contributed by atoms with E-state index in [0.29, 0.717) is 28.8 Å². The molecule has 114 valence electrons. The summed E-state index contributed by atoms with van der Waals surface area (Å²) in [4.78, 5) is 11.7. The third kappa shape index (κ3) is 2.47. The Morgan fingerprint density at radius 3 is 2.50 bits per heavy atom. The van der Waals surface area contributed by atoms with Crippen molar-refractivity contribution in [2.75, 3.05) is 7.11 Å². The van der Waals surface area contributed by atoms with Gasteiger partial charge in [0.15, 0.2) is 0 Å². The van der Waals surface area contributed by atoms with Gasteiger partial charge < -0.3 is 14.7 Å². The van der Waals surface area contributed by atoms with Crippen molar-refractivity contribution >= 4 is 5.97 Å². The first-order chi connectivity index (χ1) is 10.6. The highest BCUT2D eigenvalue weighted by molar-refractivity contribution is 5.83. The standard InChI is InChI=1S/C16H14FNO4/c1-21-15(19)16(9-10-16)22-14-4-2-3-13(18(14)20)11-5-7-12(17)8-6-11/h2-8H,9-10H2,1H3. The van der Waals surface area contributed by atoms with Gasteiger partial charge in [-0.2, -0.15) is 0 Å². The first-order valence-electron chi connectivity index (χ1n) is 6.82. The smallest absolute Gasteiger partial charge is 0.381 e. The number of methoxy groups -OCH3 is 1. The molecule has 5 nitrogen and oxygen atoms in total. The fourth-order valence-corrected chi connectivity index (χ4v) is 2.23. The van der Waals surface area contributed by atoms with Crippen molar-refractivity contribution < 1.29 is 23.4 Å². The Balaban J connectivity index is 1.93. The van der Waals surface area contributed by atoms with E-state index < -0.39 is 11.6 Å². The Morgan fingerprint density at radius 2 is 1.91 bits per heavy atom. The highest BCUT2D eigenvalue weighted by Gasteiger charge is 2.55. The van der Waals surface area contributed by atoms with Gasteiger partial charge in [0, 0.05) is 24.5 Å². The molecule has 0 atom stereocenters. The molecule has 1 aromatic heterocycles. The summed E-state index contributed by atoms with van der Waals surface area (Å²) in [7, 11) is 1.28. The second-order valence-electron chi connectivity index (χ2n) is 5.14. The molecule has 3 rings (SSSR count). The highest BCUT2D eigenvalue weighted by atomic mass is 19.1. The van der Waals surface area contributed by atoms with Crippen molar-refractivity contribution in [2.45, 2.75) is 18.4 Å².